The number of carbonyl (C=O) groups excluding carboxylic acids is 1. The highest BCUT2D eigenvalue weighted by molar-refractivity contribution is 7.11. The first-order chi connectivity index (χ1) is 9.90. The van der Waals surface area contributed by atoms with Gasteiger partial charge in [0, 0.05) is 15.3 Å². The van der Waals surface area contributed by atoms with Crippen molar-refractivity contribution in [2.24, 2.45) is 0 Å². The van der Waals surface area contributed by atoms with E-state index in [9.17, 15) is 18.0 Å². The first-order valence-corrected chi connectivity index (χ1v) is 7.25. The van der Waals surface area contributed by atoms with Crippen LogP contribution in [0.2, 0.25) is 0 Å². The lowest BCUT2D eigenvalue weighted by Gasteiger charge is -2.08. The maximum Gasteiger partial charge on any atom is 0.416 e. The van der Waals surface area contributed by atoms with Gasteiger partial charge >= 0.3 is 6.18 Å². The predicted molar refractivity (Wildman–Crippen MR) is 76.3 cm³/mol. The van der Waals surface area contributed by atoms with Crippen molar-refractivity contribution >= 4 is 17.2 Å². The largest absolute Gasteiger partial charge is 0.416 e. The molecule has 1 aromatic carbocycles. The van der Waals surface area contributed by atoms with E-state index in [1.165, 1.54) is 17.0 Å². The molecule has 0 fully saturated rings. The zero-order chi connectivity index (χ0) is 15.5. The zero-order valence-electron chi connectivity index (χ0n) is 11.3. The molecule has 0 saturated heterocycles. The molecule has 0 bridgehead atoms. The van der Waals surface area contributed by atoms with Gasteiger partial charge in [0.05, 0.1) is 12.1 Å². The van der Waals surface area contributed by atoms with Gasteiger partial charge in [-0.15, -0.1) is 11.3 Å². The van der Waals surface area contributed by atoms with Gasteiger partial charge in [0.2, 0.25) is 0 Å². The number of aryl methyl sites for hydroxylation is 1. The SMILES string of the molecule is CCc1ccc(CNC(=O)c2cccc(C(F)(F)F)c2)s1. The van der Waals surface area contributed by atoms with Crippen LogP contribution in [0.1, 0.15) is 32.6 Å². The van der Waals surface area contributed by atoms with Crippen LogP contribution in [0, 0.1) is 0 Å². The van der Waals surface area contributed by atoms with E-state index in [-0.39, 0.29) is 5.56 Å². The Labute approximate surface area is 124 Å². The molecule has 1 N–H and O–H groups in total. The molecule has 0 radical (unpaired) electrons. The molecule has 0 aliphatic heterocycles. The molecule has 0 aliphatic carbocycles. The highest BCUT2D eigenvalue weighted by atomic mass is 32.1. The summed E-state index contributed by atoms with van der Waals surface area (Å²) in [5.74, 6) is -0.507. The highest BCUT2D eigenvalue weighted by Crippen LogP contribution is 2.29. The molecule has 0 aliphatic rings. The molecule has 0 spiro atoms. The molecule has 0 atom stereocenters. The van der Waals surface area contributed by atoms with E-state index in [2.05, 4.69) is 5.32 Å². The van der Waals surface area contributed by atoms with Gasteiger partial charge in [-0.2, -0.15) is 13.2 Å². The molecule has 0 saturated carbocycles. The number of nitrogens with one attached hydrogen (secondary N) is 1. The summed E-state index contributed by atoms with van der Waals surface area (Å²) in [5.41, 5.74) is -0.809. The molecule has 6 heteroatoms. The summed E-state index contributed by atoms with van der Waals surface area (Å²) >= 11 is 1.58. The standard InChI is InChI=1S/C15H14F3NOS/c1-2-12-6-7-13(21-12)9-19-14(20)10-4-3-5-11(8-10)15(16,17)18/h3-8H,2,9H2,1H3,(H,19,20). The van der Waals surface area contributed by atoms with Crippen molar-refractivity contribution in [3.63, 3.8) is 0 Å². The van der Waals surface area contributed by atoms with Crippen molar-refractivity contribution in [2.45, 2.75) is 26.1 Å². The maximum atomic E-state index is 12.6. The Hall–Kier alpha value is -1.82. The van der Waals surface area contributed by atoms with Crippen LogP contribution in [0.4, 0.5) is 13.2 Å². The maximum absolute atomic E-state index is 12.6. The Morgan fingerprint density at radius 3 is 2.52 bits per heavy atom. The number of halogens is 3. The second kappa shape index (κ2) is 6.30. The van der Waals surface area contributed by atoms with Gasteiger partial charge in [0.1, 0.15) is 0 Å². The summed E-state index contributed by atoms with van der Waals surface area (Å²) in [6.07, 6.45) is -3.52. The normalized spacial score (nSPS) is 11.4. The van der Waals surface area contributed by atoms with Crippen LogP contribution in [-0.2, 0) is 19.1 Å². The van der Waals surface area contributed by atoms with Gasteiger partial charge in [-0.05, 0) is 36.8 Å². The van der Waals surface area contributed by atoms with Gasteiger partial charge in [0.15, 0.2) is 0 Å². The molecule has 2 rings (SSSR count). The first kappa shape index (κ1) is 15.6. The number of carbonyl (C=O) groups is 1. The Balaban J connectivity index is 2.03. The van der Waals surface area contributed by atoms with Crippen molar-refractivity contribution < 1.29 is 18.0 Å². The molecule has 1 amide bonds. The van der Waals surface area contributed by atoms with E-state index in [1.54, 1.807) is 11.3 Å². The fraction of sp³-hybridized carbons (Fsp3) is 0.267. The Bertz CT molecular complexity index is 634. The highest BCUT2D eigenvalue weighted by Gasteiger charge is 2.30. The van der Waals surface area contributed by atoms with E-state index in [0.29, 0.717) is 6.54 Å². The second-order valence-electron chi connectivity index (χ2n) is 4.48. The molecular weight excluding hydrogens is 299 g/mol. The van der Waals surface area contributed by atoms with Crippen LogP contribution in [0.15, 0.2) is 36.4 Å². The van der Waals surface area contributed by atoms with Gasteiger partial charge in [-0.3, -0.25) is 4.79 Å². The lowest BCUT2D eigenvalue weighted by Crippen LogP contribution is -2.22. The van der Waals surface area contributed by atoms with Crippen LogP contribution in [0.5, 0.6) is 0 Å². The van der Waals surface area contributed by atoms with Crippen LogP contribution < -0.4 is 5.32 Å². The minimum absolute atomic E-state index is 0.0112. The molecule has 2 aromatic rings. The fourth-order valence-electron chi connectivity index (χ4n) is 1.81. The third-order valence-electron chi connectivity index (χ3n) is 2.94. The van der Waals surface area contributed by atoms with Crippen molar-refractivity contribution in [3.8, 4) is 0 Å². The first-order valence-electron chi connectivity index (χ1n) is 6.43. The van der Waals surface area contributed by atoms with E-state index >= 15 is 0 Å². The molecule has 1 aromatic heterocycles. The number of amides is 1. The monoisotopic (exact) mass is 313 g/mol. The number of thiophene rings is 1. The van der Waals surface area contributed by atoms with Crippen molar-refractivity contribution in [1.29, 1.82) is 0 Å². The fourth-order valence-corrected chi connectivity index (χ4v) is 2.71. The second-order valence-corrected chi connectivity index (χ2v) is 5.74. The van der Waals surface area contributed by atoms with Crippen LogP contribution in [0.3, 0.4) is 0 Å². The third kappa shape index (κ3) is 4.07. The Kier molecular flexibility index (Phi) is 4.67. The van der Waals surface area contributed by atoms with Crippen molar-refractivity contribution in [3.05, 3.63) is 57.3 Å². The quantitative estimate of drug-likeness (QED) is 0.898. The summed E-state index contributed by atoms with van der Waals surface area (Å²) in [6.45, 7) is 2.36. The van der Waals surface area contributed by atoms with Crippen molar-refractivity contribution in [2.75, 3.05) is 0 Å². The van der Waals surface area contributed by atoms with E-state index < -0.39 is 17.6 Å². The van der Waals surface area contributed by atoms with Gasteiger partial charge in [-0.1, -0.05) is 13.0 Å². The molecule has 1 heterocycles. The summed E-state index contributed by atoms with van der Waals surface area (Å²) < 4.78 is 37.8. The molecule has 112 valence electrons. The number of hydrogen-bond acceptors (Lipinski definition) is 2. The van der Waals surface area contributed by atoms with Gasteiger partial charge in [0.25, 0.3) is 5.91 Å². The molecular formula is C15H14F3NOS. The van der Waals surface area contributed by atoms with E-state index in [1.807, 2.05) is 19.1 Å². The molecule has 0 unspecified atom stereocenters. The minimum atomic E-state index is -4.44. The number of rotatable bonds is 4. The van der Waals surface area contributed by atoms with Gasteiger partial charge in [-0.25, -0.2) is 0 Å². The van der Waals surface area contributed by atoms with E-state index in [0.717, 1.165) is 23.4 Å². The summed E-state index contributed by atoms with van der Waals surface area (Å²) in [4.78, 5) is 14.1. The lowest BCUT2D eigenvalue weighted by molar-refractivity contribution is -0.137. The van der Waals surface area contributed by atoms with E-state index in [4.69, 9.17) is 0 Å². The van der Waals surface area contributed by atoms with Gasteiger partial charge < -0.3 is 5.32 Å². The third-order valence-corrected chi connectivity index (χ3v) is 4.17. The summed E-state index contributed by atoms with van der Waals surface area (Å²) in [5, 5.41) is 2.64. The predicted octanol–water partition coefficient (Wildman–Crippen LogP) is 4.26. The van der Waals surface area contributed by atoms with Crippen LogP contribution >= 0.6 is 11.3 Å². The topological polar surface area (TPSA) is 29.1 Å². The smallest absolute Gasteiger partial charge is 0.347 e. The number of hydrogen-bond donors (Lipinski definition) is 1. The number of alkyl halides is 3. The Morgan fingerprint density at radius 2 is 1.90 bits per heavy atom. The summed E-state index contributed by atoms with van der Waals surface area (Å²) in [6, 6.07) is 8.31. The molecule has 21 heavy (non-hydrogen) atoms. The summed E-state index contributed by atoms with van der Waals surface area (Å²) in [7, 11) is 0. The van der Waals surface area contributed by atoms with Crippen LogP contribution in [-0.4, -0.2) is 5.91 Å². The average Bonchev–Trinajstić information content (AvgIpc) is 2.92. The van der Waals surface area contributed by atoms with Crippen LogP contribution in [0.25, 0.3) is 0 Å². The Morgan fingerprint density at radius 1 is 1.19 bits per heavy atom. The minimum Gasteiger partial charge on any atom is -0.347 e. The number of benzene rings is 1. The van der Waals surface area contributed by atoms with Crippen molar-refractivity contribution in [1.82, 2.24) is 5.32 Å². The zero-order valence-corrected chi connectivity index (χ0v) is 12.1. The average molecular weight is 313 g/mol. The molecule has 2 nitrogen and oxygen atoms in total. The lowest BCUT2D eigenvalue weighted by atomic mass is 10.1.